The van der Waals surface area contributed by atoms with Crippen LogP contribution in [0.2, 0.25) is 0 Å². The predicted octanol–water partition coefficient (Wildman–Crippen LogP) is 3.83. The van der Waals surface area contributed by atoms with Crippen LogP contribution in [-0.2, 0) is 0 Å². The second-order valence-electron chi connectivity index (χ2n) is 5.81. The molecule has 4 nitrogen and oxygen atoms in total. The number of fused-ring (bicyclic) bond motifs is 1. The van der Waals surface area contributed by atoms with E-state index in [1.54, 1.807) is 11.3 Å². The first-order chi connectivity index (χ1) is 10.2. The van der Waals surface area contributed by atoms with E-state index in [-0.39, 0.29) is 0 Å². The van der Waals surface area contributed by atoms with Gasteiger partial charge in [-0.1, -0.05) is 13.0 Å². The number of piperidine rings is 1. The predicted molar refractivity (Wildman–Crippen MR) is 91.4 cm³/mol. The van der Waals surface area contributed by atoms with Gasteiger partial charge in [-0.15, -0.1) is 17.9 Å². The summed E-state index contributed by atoms with van der Waals surface area (Å²) in [7, 11) is 0. The quantitative estimate of drug-likeness (QED) is 0.871. The van der Waals surface area contributed by atoms with Crippen LogP contribution < -0.4 is 10.2 Å². The van der Waals surface area contributed by atoms with Gasteiger partial charge in [-0.3, -0.25) is 0 Å². The van der Waals surface area contributed by atoms with E-state index in [1.165, 1.54) is 23.1 Å². The molecule has 0 atom stereocenters. The van der Waals surface area contributed by atoms with Crippen molar-refractivity contribution in [2.75, 3.05) is 29.9 Å². The van der Waals surface area contributed by atoms with E-state index in [4.69, 9.17) is 4.98 Å². The molecule has 112 valence electrons. The summed E-state index contributed by atoms with van der Waals surface area (Å²) in [5, 5.41) is 5.40. The molecule has 3 heterocycles. The van der Waals surface area contributed by atoms with Crippen molar-refractivity contribution in [3.8, 4) is 0 Å². The molecule has 2 aromatic rings. The van der Waals surface area contributed by atoms with Gasteiger partial charge in [0, 0.05) is 19.6 Å². The van der Waals surface area contributed by atoms with Gasteiger partial charge in [0.05, 0.1) is 10.2 Å². The van der Waals surface area contributed by atoms with Gasteiger partial charge in [0.25, 0.3) is 0 Å². The number of hydrogen-bond donors (Lipinski definition) is 1. The Morgan fingerprint density at radius 2 is 2.19 bits per heavy atom. The van der Waals surface area contributed by atoms with E-state index in [1.807, 2.05) is 6.08 Å². The zero-order chi connectivity index (χ0) is 14.8. The lowest BCUT2D eigenvalue weighted by atomic mass is 9.99. The van der Waals surface area contributed by atoms with Crippen LogP contribution in [0.5, 0.6) is 0 Å². The van der Waals surface area contributed by atoms with Gasteiger partial charge in [0.1, 0.15) is 0 Å². The zero-order valence-electron chi connectivity index (χ0n) is 12.7. The summed E-state index contributed by atoms with van der Waals surface area (Å²) in [6.07, 6.45) is 4.31. The number of aryl methyl sites for hydroxylation is 1. The molecule has 0 amide bonds. The number of hydrogen-bond acceptors (Lipinski definition) is 5. The van der Waals surface area contributed by atoms with E-state index in [9.17, 15) is 0 Å². The van der Waals surface area contributed by atoms with Crippen molar-refractivity contribution < 1.29 is 0 Å². The van der Waals surface area contributed by atoms with Gasteiger partial charge in [0.2, 0.25) is 5.95 Å². The number of nitrogens with one attached hydrogen (secondary N) is 1. The molecule has 0 bridgehead atoms. The van der Waals surface area contributed by atoms with Crippen LogP contribution >= 0.6 is 11.3 Å². The Morgan fingerprint density at radius 1 is 1.43 bits per heavy atom. The fourth-order valence-electron chi connectivity index (χ4n) is 2.69. The van der Waals surface area contributed by atoms with Crippen molar-refractivity contribution >= 4 is 33.3 Å². The topological polar surface area (TPSA) is 41.1 Å². The van der Waals surface area contributed by atoms with Crippen molar-refractivity contribution in [1.29, 1.82) is 0 Å². The Hall–Kier alpha value is -1.62. The molecule has 0 radical (unpaired) electrons. The third-order valence-corrected chi connectivity index (χ3v) is 5.15. The Bertz CT molecular complexity index is 641. The van der Waals surface area contributed by atoms with Gasteiger partial charge in [-0.05, 0) is 36.6 Å². The SMILES string of the molecule is C=CCNc1nc(N2CCC(C)CC2)c2scc(C)c2n1. The molecule has 1 N–H and O–H groups in total. The Balaban J connectivity index is 2.00. The maximum absolute atomic E-state index is 4.77. The summed E-state index contributed by atoms with van der Waals surface area (Å²) >= 11 is 1.75. The average Bonchev–Trinajstić information content (AvgIpc) is 2.87. The van der Waals surface area contributed by atoms with Crippen molar-refractivity contribution in [3.05, 3.63) is 23.6 Å². The molecular weight excluding hydrogens is 280 g/mol. The first kappa shape index (κ1) is 14.3. The van der Waals surface area contributed by atoms with Crippen LogP contribution in [0.3, 0.4) is 0 Å². The van der Waals surface area contributed by atoms with Gasteiger partial charge >= 0.3 is 0 Å². The van der Waals surface area contributed by atoms with E-state index in [0.717, 1.165) is 30.3 Å². The maximum Gasteiger partial charge on any atom is 0.225 e. The second kappa shape index (κ2) is 6.02. The van der Waals surface area contributed by atoms with Crippen LogP contribution in [0.15, 0.2) is 18.0 Å². The highest BCUT2D eigenvalue weighted by Gasteiger charge is 2.21. The van der Waals surface area contributed by atoms with Crippen LogP contribution in [0, 0.1) is 12.8 Å². The van der Waals surface area contributed by atoms with Gasteiger partial charge < -0.3 is 10.2 Å². The summed E-state index contributed by atoms with van der Waals surface area (Å²) < 4.78 is 1.21. The molecule has 1 aliphatic heterocycles. The molecule has 0 spiro atoms. The van der Waals surface area contributed by atoms with Crippen LogP contribution in [0.25, 0.3) is 10.2 Å². The fraction of sp³-hybridized carbons (Fsp3) is 0.500. The molecule has 0 unspecified atom stereocenters. The highest BCUT2D eigenvalue weighted by molar-refractivity contribution is 7.18. The number of thiophene rings is 1. The van der Waals surface area contributed by atoms with E-state index >= 15 is 0 Å². The molecule has 21 heavy (non-hydrogen) atoms. The van der Waals surface area contributed by atoms with E-state index in [0.29, 0.717) is 12.5 Å². The van der Waals surface area contributed by atoms with Gasteiger partial charge in [-0.25, -0.2) is 4.98 Å². The summed E-state index contributed by atoms with van der Waals surface area (Å²) in [4.78, 5) is 11.8. The molecule has 1 fully saturated rings. The molecular formula is C16H22N4S. The molecule has 1 aliphatic rings. The van der Waals surface area contributed by atoms with Crippen LogP contribution in [-0.4, -0.2) is 29.6 Å². The average molecular weight is 302 g/mol. The minimum Gasteiger partial charge on any atom is -0.355 e. The lowest BCUT2D eigenvalue weighted by Crippen LogP contribution is -2.33. The zero-order valence-corrected chi connectivity index (χ0v) is 13.5. The number of aromatic nitrogens is 2. The summed E-state index contributed by atoms with van der Waals surface area (Å²) in [6, 6.07) is 0. The van der Waals surface area contributed by atoms with Crippen molar-refractivity contribution in [1.82, 2.24) is 9.97 Å². The lowest BCUT2D eigenvalue weighted by molar-refractivity contribution is 0.437. The first-order valence-corrected chi connectivity index (χ1v) is 8.42. The number of anilines is 2. The number of rotatable bonds is 4. The minimum atomic E-state index is 0.686. The summed E-state index contributed by atoms with van der Waals surface area (Å²) in [6.45, 7) is 11.1. The summed E-state index contributed by atoms with van der Waals surface area (Å²) in [5.74, 6) is 2.62. The van der Waals surface area contributed by atoms with Crippen LogP contribution in [0.1, 0.15) is 25.3 Å². The largest absolute Gasteiger partial charge is 0.355 e. The molecule has 0 aliphatic carbocycles. The molecule has 1 saturated heterocycles. The van der Waals surface area contributed by atoms with E-state index < -0.39 is 0 Å². The van der Waals surface area contributed by atoms with Gasteiger partial charge in [-0.2, -0.15) is 4.98 Å². The lowest BCUT2D eigenvalue weighted by Gasteiger charge is -2.31. The van der Waals surface area contributed by atoms with Crippen LogP contribution in [0.4, 0.5) is 11.8 Å². The van der Waals surface area contributed by atoms with Crippen molar-refractivity contribution in [2.24, 2.45) is 5.92 Å². The fourth-order valence-corrected chi connectivity index (χ4v) is 3.70. The van der Waals surface area contributed by atoms with Crippen molar-refractivity contribution in [3.63, 3.8) is 0 Å². The standard InChI is InChI=1S/C16H22N4S/c1-4-7-17-16-18-13-12(3)10-21-14(13)15(19-16)20-8-5-11(2)6-9-20/h4,10-11H,1,5-9H2,2-3H3,(H,17,18,19). The molecule has 0 saturated carbocycles. The molecule has 2 aromatic heterocycles. The Kier molecular flexibility index (Phi) is 4.10. The first-order valence-electron chi connectivity index (χ1n) is 7.54. The molecule has 0 aromatic carbocycles. The minimum absolute atomic E-state index is 0.686. The highest BCUT2D eigenvalue weighted by atomic mass is 32.1. The third kappa shape index (κ3) is 2.88. The van der Waals surface area contributed by atoms with Crippen molar-refractivity contribution in [2.45, 2.75) is 26.7 Å². The highest BCUT2D eigenvalue weighted by Crippen LogP contribution is 2.34. The number of nitrogens with zero attached hydrogens (tertiary/aromatic N) is 3. The maximum atomic E-state index is 4.77. The normalized spacial score (nSPS) is 16.4. The summed E-state index contributed by atoms with van der Waals surface area (Å²) in [5.41, 5.74) is 2.31. The third-order valence-electron chi connectivity index (χ3n) is 4.06. The Morgan fingerprint density at radius 3 is 2.90 bits per heavy atom. The second-order valence-corrected chi connectivity index (χ2v) is 6.69. The smallest absolute Gasteiger partial charge is 0.225 e. The molecule has 5 heteroatoms. The Labute approximate surface area is 129 Å². The van der Waals surface area contributed by atoms with E-state index in [2.05, 4.69) is 41.0 Å². The van der Waals surface area contributed by atoms with Gasteiger partial charge in [0.15, 0.2) is 5.82 Å². The monoisotopic (exact) mass is 302 g/mol. The molecule has 3 rings (SSSR count).